The third-order valence-electron chi connectivity index (χ3n) is 1.98. The van der Waals surface area contributed by atoms with Crippen LogP contribution in [-0.2, 0) is 17.4 Å². The molecule has 2 nitrogen and oxygen atoms in total. The van der Waals surface area contributed by atoms with Crippen molar-refractivity contribution in [2.24, 2.45) is 0 Å². The Balaban J connectivity index is 2.95. The average Bonchev–Trinajstić information content (AvgIpc) is 2.14. The number of hydrogen-bond donors (Lipinski definition) is 1. The first-order chi connectivity index (χ1) is 7.30. The summed E-state index contributed by atoms with van der Waals surface area (Å²) in [6, 6.07) is 3.34. The summed E-state index contributed by atoms with van der Waals surface area (Å²) in [5.74, 6) is -1.02. The molecule has 0 bridgehead atoms. The molecule has 0 spiro atoms. The van der Waals surface area contributed by atoms with Crippen molar-refractivity contribution < 1.29 is 23.1 Å². The van der Waals surface area contributed by atoms with Crippen LogP contribution in [0.2, 0.25) is 0 Å². The van der Waals surface area contributed by atoms with Crippen molar-refractivity contribution in [3.8, 4) is 0 Å². The van der Waals surface area contributed by atoms with Crippen LogP contribution in [0.4, 0.5) is 13.2 Å². The Morgan fingerprint density at radius 2 is 2.00 bits per heavy atom. The van der Waals surface area contributed by atoms with E-state index in [0.717, 1.165) is 12.1 Å². The van der Waals surface area contributed by atoms with Gasteiger partial charge >= 0.3 is 12.1 Å². The molecular weight excluding hydrogens is 336 g/mol. The van der Waals surface area contributed by atoms with Gasteiger partial charge in [0.1, 0.15) is 0 Å². The second-order valence-corrected chi connectivity index (χ2v) is 4.36. The van der Waals surface area contributed by atoms with E-state index >= 15 is 0 Å². The Labute approximate surface area is 104 Å². The first kappa shape index (κ1) is 13.3. The van der Waals surface area contributed by atoms with Gasteiger partial charge in [-0.05, 0) is 52.8 Å². The number of alkyl halides is 3. The molecule has 1 N–H and O–H groups in total. The van der Waals surface area contributed by atoms with Crippen molar-refractivity contribution in [3.05, 3.63) is 32.9 Å². The number of aliphatic carboxylic acids is 1. The van der Waals surface area contributed by atoms with Gasteiger partial charge in [0.05, 0.1) is 5.56 Å². The minimum Gasteiger partial charge on any atom is -0.481 e. The van der Waals surface area contributed by atoms with E-state index in [9.17, 15) is 18.0 Å². The van der Waals surface area contributed by atoms with Crippen LogP contribution >= 0.6 is 22.6 Å². The van der Waals surface area contributed by atoms with E-state index in [0.29, 0.717) is 9.13 Å². The fraction of sp³-hybridized carbons (Fsp3) is 0.300. The molecule has 0 aliphatic heterocycles. The van der Waals surface area contributed by atoms with Crippen LogP contribution in [0.25, 0.3) is 0 Å². The van der Waals surface area contributed by atoms with Gasteiger partial charge in [0.25, 0.3) is 0 Å². The first-order valence-electron chi connectivity index (χ1n) is 4.38. The summed E-state index contributed by atoms with van der Waals surface area (Å²) in [7, 11) is 0. The van der Waals surface area contributed by atoms with Crippen molar-refractivity contribution >= 4 is 28.6 Å². The number of carbonyl (C=O) groups is 1. The maximum atomic E-state index is 12.4. The SMILES string of the molecule is O=C(O)CCc1cc(C(F)(F)F)ccc1I. The van der Waals surface area contributed by atoms with Gasteiger partial charge in [0.2, 0.25) is 0 Å². The summed E-state index contributed by atoms with van der Waals surface area (Å²) in [4.78, 5) is 10.3. The van der Waals surface area contributed by atoms with Crippen LogP contribution in [0.15, 0.2) is 18.2 Å². The van der Waals surface area contributed by atoms with Crippen molar-refractivity contribution in [1.29, 1.82) is 0 Å². The van der Waals surface area contributed by atoms with Crippen LogP contribution in [0.5, 0.6) is 0 Å². The van der Waals surface area contributed by atoms with Crippen molar-refractivity contribution in [2.75, 3.05) is 0 Å². The molecule has 16 heavy (non-hydrogen) atoms. The molecule has 0 amide bonds. The topological polar surface area (TPSA) is 37.3 Å². The van der Waals surface area contributed by atoms with Gasteiger partial charge in [0.15, 0.2) is 0 Å². The molecular formula is C10H8F3IO2. The van der Waals surface area contributed by atoms with Gasteiger partial charge < -0.3 is 5.11 Å². The number of benzene rings is 1. The molecule has 0 fully saturated rings. The first-order valence-corrected chi connectivity index (χ1v) is 5.46. The molecule has 0 aliphatic rings. The van der Waals surface area contributed by atoms with E-state index in [1.807, 2.05) is 22.6 Å². The lowest BCUT2D eigenvalue weighted by Crippen LogP contribution is -2.07. The quantitative estimate of drug-likeness (QED) is 0.855. The van der Waals surface area contributed by atoms with E-state index in [2.05, 4.69) is 0 Å². The number of aryl methyl sites for hydroxylation is 1. The van der Waals surface area contributed by atoms with Crippen LogP contribution in [0.1, 0.15) is 17.5 Å². The second kappa shape index (κ2) is 5.03. The normalized spacial score (nSPS) is 11.5. The van der Waals surface area contributed by atoms with E-state index in [-0.39, 0.29) is 12.8 Å². The highest BCUT2D eigenvalue weighted by molar-refractivity contribution is 14.1. The lowest BCUT2D eigenvalue weighted by molar-refractivity contribution is -0.137. The molecule has 0 aromatic heterocycles. The summed E-state index contributed by atoms with van der Waals surface area (Å²) in [5, 5.41) is 8.47. The third kappa shape index (κ3) is 3.66. The molecule has 0 radical (unpaired) electrons. The fourth-order valence-corrected chi connectivity index (χ4v) is 1.79. The predicted molar refractivity (Wildman–Crippen MR) is 60.1 cm³/mol. The zero-order valence-electron chi connectivity index (χ0n) is 8.01. The molecule has 1 rings (SSSR count). The molecule has 0 heterocycles. The van der Waals surface area contributed by atoms with E-state index in [1.54, 1.807) is 0 Å². The molecule has 0 unspecified atom stereocenters. The Hall–Kier alpha value is -0.790. The Kier molecular flexibility index (Phi) is 4.17. The Morgan fingerprint density at radius 1 is 1.38 bits per heavy atom. The third-order valence-corrected chi connectivity index (χ3v) is 3.03. The fourth-order valence-electron chi connectivity index (χ4n) is 1.18. The van der Waals surface area contributed by atoms with E-state index < -0.39 is 17.7 Å². The maximum absolute atomic E-state index is 12.4. The van der Waals surface area contributed by atoms with E-state index in [4.69, 9.17) is 5.11 Å². The van der Waals surface area contributed by atoms with Gasteiger partial charge in [-0.25, -0.2) is 0 Å². The highest BCUT2D eigenvalue weighted by Crippen LogP contribution is 2.31. The molecule has 0 atom stereocenters. The molecule has 88 valence electrons. The number of rotatable bonds is 3. The summed E-state index contributed by atoms with van der Waals surface area (Å²) in [5.41, 5.74) is -0.328. The van der Waals surface area contributed by atoms with Gasteiger partial charge in [-0.2, -0.15) is 13.2 Å². The predicted octanol–water partition coefficient (Wildman–Crippen LogP) is 3.33. The molecule has 0 saturated heterocycles. The summed E-state index contributed by atoms with van der Waals surface area (Å²) in [6.45, 7) is 0. The number of carboxylic acid groups (broad SMARTS) is 1. The lowest BCUT2D eigenvalue weighted by Gasteiger charge is -2.09. The highest BCUT2D eigenvalue weighted by Gasteiger charge is 2.30. The molecule has 1 aromatic rings. The highest BCUT2D eigenvalue weighted by atomic mass is 127. The number of halogens is 4. The minimum atomic E-state index is -4.39. The minimum absolute atomic E-state index is 0.109. The zero-order valence-corrected chi connectivity index (χ0v) is 10.2. The Bertz CT molecular complexity index is 402. The van der Waals surface area contributed by atoms with Crippen molar-refractivity contribution in [2.45, 2.75) is 19.0 Å². The standard InChI is InChI=1S/C10H8F3IO2/c11-10(12,13)7-2-3-8(14)6(5-7)1-4-9(15)16/h2-3,5H,1,4H2,(H,15,16). The summed E-state index contributed by atoms with van der Waals surface area (Å²) in [6.07, 6.45) is -4.45. The van der Waals surface area contributed by atoms with Gasteiger partial charge in [-0.3, -0.25) is 4.79 Å². The number of hydrogen-bond acceptors (Lipinski definition) is 1. The molecule has 6 heteroatoms. The largest absolute Gasteiger partial charge is 0.481 e. The Morgan fingerprint density at radius 3 is 2.50 bits per heavy atom. The zero-order chi connectivity index (χ0) is 12.3. The average molecular weight is 344 g/mol. The lowest BCUT2D eigenvalue weighted by atomic mass is 10.1. The van der Waals surface area contributed by atoms with Crippen LogP contribution in [0, 0.1) is 3.57 Å². The van der Waals surface area contributed by atoms with Gasteiger partial charge in [-0.1, -0.05) is 0 Å². The monoisotopic (exact) mass is 344 g/mol. The number of carboxylic acids is 1. The van der Waals surface area contributed by atoms with Crippen LogP contribution in [0.3, 0.4) is 0 Å². The van der Waals surface area contributed by atoms with E-state index in [1.165, 1.54) is 6.07 Å². The van der Waals surface area contributed by atoms with Crippen LogP contribution in [-0.4, -0.2) is 11.1 Å². The summed E-state index contributed by atoms with van der Waals surface area (Å²) >= 11 is 1.89. The summed E-state index contributed by atoms with van der Waals surface area (Å²) < 4.78 is 37.8. The van der Waals surface area contributed by atoms with Gasteiger partial charge in [0, 0.05) is 9.99 Å². The second-order valence-electron chi connectivity index (χ2n) is 3.20. The molecule has 0 aliphatic carbocycles. The van der Waals surface area contributed by atoms with Gasteiger partial charge in [-0.15, -0.1) is 0 Å². The molecule has 1 aromatic carbocycles. The smallest absolute Gasteiger partial charge is 0.416 e. The van der Waals surface area contributed by atoms with Crippen molar-refractivity contribution in [3.63, 3.8) is 0 Å². The maximum Gasteiger partial charge on any atom is 0.416 e. The molecule has 0 saturated carbocycles. The van der Waals surface area contributed by atoms with Crippen LogP contribution < -0.4 is 0 Å². The van der Waals surface area contributed by atoms with Crippen molar-refractivity contribution in [1.82, 2.24) is 0 Å².